The maximum Gasteiger partial charge on any atom is 0.266 e. The van der Waals surface area contributed by atoms with Crippen molar-refractivity contribution < 1.29 is 19.1 Å². The number of amides is 3. The molecule has 0 saturated carbocycles. The number of imide groups is 1. The zero-order chi connectivity index (χ0) is 22.0. The molecule has 0 saturated heterocycles. The van der Waals surface area contributed by atoms with Crippen LogP contribution in [0.1, 0.15) is 44.9 Å². The Labute approximate surface area is 180 Å². The Balaban J connectivity index is 1.46. The van der Waals surface area contributed by atoms with Gasteiger partial charge in [-0.25, -0.2) is 4.90 Å². The minimum Gasteiger partial charge on any atom is -0.493 e. The Morgan fingerprint density at radius 1 is 0.903 bits per heavy atom. The van der Waals surface area contributed by atoms with Crippen molar-refractivity contribution in [3.63, 3.8) is 0 Å². The Hall–Kier alpha value is -3.93. The Kier molecular flexibility index (Phi) is 5.54. The number of rotatable bonds is 6. The van der Waals surface area contributed by atoms with Gasteiger partial charge in [-0.15, -0.1) is 0 Å². The second kappa shape index (κ2) is 8.44. The van der Waals surface area contributed by atoms with E-state index in [1.165, 1.54) is 0 Å². The van der Waals surface area contributed by atoms with Gasteiger partial charge in [-0.3, -0.25) is 14.4 Å². The molecule has 0 fully saturated rings. The number of benzene rings is 3. The van der Waals surface area contributed by atoms with Crippen LogP contribution in [0.4, 0.5) is 11.4 Å². The molecule has 31 heavy (non-hydrogen) atoms. The van der Waals surface area contributed by atoms with Gasteiger partial charge in [-0.05, 0) is 60.5 Å². The molecule has 0 atom stereocenters. The molecule has 4 rings (SSSR count). The fourth-order valence-corrected chi connectivity index (χ4v) is 3.31. The average Bonchev–Trinajstić information content (AvgIpc) is 3.03. The summed E-state index contributed by atoms with van der Waals surface area (Å²) in [6.45, 7) is 4.69. The highest BCUT2D eigenvalue weighted by atomic mass is 16.5. The van der Waals surface area contributed by atoms with Crippen LogP contribution in [0.3, 0.4) is 0 Å². The molecule has 0 spiro atoms. The van der Waals surface area contributed by atoms with Crippen LogP contribution >= 0.6 is 0 Å². The third-order valence-corrected chi connectivity index (χ3v) is 4.86. The van der Waals surface area contributed by atoms with Crippen LogP contribution in [-0.4, -0.2) is 24.3 Å². The van der Waals surface area contributed by atoms with Crippen LogP contribution < -0.4 is 15.0 Å². The first kappa shape index (κ1) is 20.3. The molecular formula is C25H22N2O4. The molecule has 1 N–H and O–H groups in total. The number of carbonyl (C=O) groups is 3. The van der Waals surface area contributed by atoms with Crippen molar-refractivity contribution in [2.75, 3.05) is 16.8 Å². The number of ether oxygens (including phenoxy) is 1. The molecule has 0 bridgehead atoms. The monoisotopic (exact) mass is 414 g/mol. The number of fused-ring (bicyclic) bond motifs is 1. The van der Waals surface area contributed by atoms with E-state index in [9.17, 15) is 14.4 Å². The fourth-order valence-electron chi connectivity index (χ4n) is 3.31. The first-order valence-electron chi connectivity index (χ1n) is 10.1. The van der Waals surface area contributed by atoms with Gasteiger partial charge in [0.25, 0.3) is 17.7 Å². The van der Waals surface area contributed by atoms with Gasteiger partial charge >= 0.3 is 0 Å². The summed E-state index contributed by atoms with van der Waals surface area (Å²) >= 11 is 0. The van der Waals surface area contributed by atoms with Crippen molar-refractivity contribution in [3.05, 3.63) is 89.5 Å². The van der Waals surface area contributed by atoms with Gasteiger partial charge in [-0.2, -0.15) is 0 Å². The summed E-state index contributed by atoms with van der Waals surface area (Å²) in [4.78, 5) is 39.0. The summed E-state index contributed by atoms with van der Waals surface area (Å²) in [6.07, 6.45) is 0. The van der Waals surface area contributed by atoms with Gasteiger partial charge in [-0.1, -0.05) is 32.0 Å². The molecule has 3 aromatic carbocycles. The summed E-state index contributed by atoms with van der Waals surface area (Å²) in [5.74, 6) is 0.0511. The molecule has 1 heterocycles. The van der Waals surface area contributed by atoms with Crippen molar-refractivity contribution in [1.29, 1.82) is 0 Å². The van der Waals surface area contributed by atoms with E-state index in [0.29, 0.717) is 46.3 Å². The Morgan fingerprint density at radius 3 is 2.16 bits per heavy atom. The Morgan fingerprint density at radius 2 is 1.55 bits per heavy atom. The van der Waals surface area contributed by atoms with Crippen molar-refractivity contribution in [3.8, 4) is 5.75 Å². The molecule has 6 heteroatoms. The lowest BCUT2D eigenvalue weighted by Gasteiger charge is -2.15. The lowest BCUT2D eigenvalue weighted by Crippen LogP contribution is -2.29. The highest BCUT2D eigenvalue weighted by molar-refractivity contribution is 6.34. The van der Waals surface area contributed by atoms with E-state index in [-0.39, 0.29) is 17.7 Å². The molecule has 0 aromatic heterocycles. The van der Waals surface area contributed by atoms with Gasteiger partial charge in [0, 0.05) is 11.3 Å². The van der Waals surface area contributed by atoms with Crippen LogP contribution in [0.15, 0.2) is 72.8 Å². The van der Waals surface area contributed by atoms with Crippen molar-refractivity contribution >= 4 is 29.1 Å². The number of carbonyl (C=O) groups excluding carboxylic acids is 3. The number of hydrogen-bond donors (Lipinski definition) is 1. The lowest BCUT2D eigenvalue weighted by molar-refractivity contribution is 0.0924. The van der Waals surface area contributed by atoms with Gasteiger partial charge < -0.3 is 10.1 Å². The molecule has 6 nitrogen and oxygen atoms in total. The third-order valence-electron chi connectivity index (χ3n) is 4.86. The van der Waals surface area contributed by atoms with Crippen molar-refractivity contribution in [2.45, 2.75) is 13.8 Å². The summed E-state index contributed by atoms with van der Waals surface area (Å²) in [5, 5.41) is 2.82. The number of anilines is 2. The second-order valence-electron chi connectivity index (χ2n) is 7.72. The van der Waals surface area contributed by atoms with E-state index >= 15 is 0 Å². The van der Waals surface area contributed by atoms with Gasteiger partial charge in [0.05, 0.1) is 23.4 Å². The fraction of sp³-hybridized carbons (Fsp3) is 0.160. The maximum atomic E-state index is 12.6. The first-order chi connectivity index (χ1) is 14.9. The highest BCUT2D eigenvalue weighted by Crippen LogP contribution is 2.29. The lowest BCUT2D eigenvalue weighted by atomic mass is 10.1. The zero-order valence-corrected chi connectivity index (χ0v) is 17.3. The van der Waals surface area contributed by atoms with E-state index in [4.69, 9.17) is 4.74 Å². The van der Waals surface area contributed by atoms with Gasteiger partial charge in [0.15, 0.2) is 0 Å². The molecule has 1 aliphatic rings. The molecule has 1 aliphatic heterocycles. The molecule has 3 amide bonds. The van der Waals surface area contributed by atoms with E-state index in [0.717, 1.165) is 4.90 Å². The van der Waals surface area contributed by atoms with E-state index < -0.39 is 0 Å². The van der Waals surface area contributed by atoms with Crippen LogP contribution in [0.25, 0.3) is 0 Å². The SMILES string of the molecule is CC(C)COc1cccc(C(=O)Nc2ccc(N3C(=O)c4ccccc4C3=O)cc2)c1. The van der Waals surface area contributed by atoms with Crippen LogP contribution in [0.5, 0.6) is 5.75 Å². The van der Waals surface area contributed by atoms with E-state index in [1.54, 1.807) is 66.7 Å². The maximum absolute atomic E-state index is 12.6. The van der Waals surface area contributed by atoms with E-state index in [2.05, 4.69) is 19.2 Å². The predicted octanol–water partition coefficient (Wildman–Crippen LogP) is 4.77. The van der Waals surface area contributed by atoms with E-state index in [1.807, 2.05) is 6.07 Å². The molecule has 156 valence electrons. The molecule has 0 aliphatic carbocycles. The largest absolute Gasteiger partial charge is 0.493 e. The summed E-state index contributed by atoms with van der Waals surface area (Å²) in [6, 6.07) is 20.3. The van der Waals surface area contributed by atoms with Crippen LogP contribution in [0.2, 0.25) is 0 Å². The predicted molar refractivity (Wildman–Crippen MR) is 119 cm³/mol. The standard InChI is InChI=1S/C25H22N2O4/c1-16(2)15-31-20-7-5-6-17(14-20)23(28)26-18-10-12-19(13-11-18)27-24(29)21-8-3-4-9-22(21)25(27)30/h3-14,16H,15H2,1-2H3,(H,26,28). The van der Waals surface area contributed by atoms with Crippen molar-refractivity contribution in [1.82, 2.24) is 0 Å². The number of nitrogens with zero attached hydrogens (tertiary/aromatic N) is 1. The minimum absolute atomic E-state index is 0.275. The van der Waals surface area contributed by atoms with Gasteiger partial charge in [0.2, 0.25) is 0 Å². The summed E-state index contributed by atoms with van der Waals surface area (Å²) in [7, 11) is 0. The quantitative estimate of drug-likeness (QED) is 0.590. The molecule has 0 radical (unpaired) electrons. The molecule has 3 aromatic rings. The smallest absolute Gasteiger partial charge is 0.266 e. The Bertz CT molecular complexity index is 1120. The van der Waals surface area contributed by atoms with Gasteiger partial charge in [0.1, 0.15) is 5.75 Å². The topological polar surface area (TPSA) is 75.7 Å². The zero-order valence-electron chi connectivity index (χ0n) is 17.3. The normalized spacial score (nSPS) is 12.8. The average molecular weight is 414 g/mol. The molecule has 0 unspecified atom stereocenters. The summed E-state index contributed by atoms with van der Waals surface area (Å²) < 4.78 is 5.68. The first-order valence-corrected chi connectivity index (χ1v) is 10.1. The van der Waals surface area contributed by atoms with Crippen LogP contribution in [-0.2, 0) is 0 Å². The van der Waals surface area contributed by atoms with Crippen LogP contribution in [0, 0.1) is 5.92 Å². The minimum atomic E-state index is -0.351. The summed E-state index contributed by atoms with van der Waals surface area (Å²) in [5.41, 5.74) is 2.27. The molecular weight excluding hydrogens is 392 g/mol. The third kappa shape index (κ3) is 4.19. The van der Waals surface area contributed by atoms with Crippen molar-refractivity contribution in [2.24, 2.45) is 5.92 Å². The number of hydrogen-bond acceptors (Lipinski definition) is 4. The highest BCUT2D eigenvalue weighted by Gasteiger charge is 2.36. The number of nitrogens with one attached hydrogen (secondary N) is 1. The second-order valence-corrected chi connectivity index (χ2v) is 7.72.